The first-order chi connectivity index (χ1) is 8.94. The van der Waals surface area contributed by atoms with Gasteiger partial charge in [0.1, 0.15) is 0 Å². The molecule has 0 aliphatic heterocycles. The normalized spacial score (nSPS) is 13.7. The number of H-pyrrole nitrogens is 1. The lowest BCUT2D eigenvalue weighted by Crippen LogP contribution is -2.14. The van der Waals surface area contributed by atoms with E-state index >= 15 is 0 Å². The van der Waals surface area contributed by atoms with Gasteiger partial charge in [0.2, 0.25) is 5.89 Å². The van der Waals surface area contributed by atoms with Gasteiger partial charge in [-0.15, -0.1) is 0 Å². The monoisotopic (exact) mass is 275 g/mol. The molecule has 19 heavy (non-hydrogen) atoms. The molecule has 0 aromatic carbocycles. The summed E-state index contributed by atoms with van der Waals surface area (Å²) in [5.74, 6) is 0.124. The van der Waals surface area contributed by atoms with E-state index in [2.05, 4.69) is 20.1 Å². The molecule has 0 spiro atoms. The molecule has 0 amide bonds. The zero-order valence-electron chi connectivity index (χ0n) is 9.81. The van der Waals surface area contributed by atoms with Crippen molar-refractivity contribution in [3.63, 3.8) is 0 Å². The summed E-state index contributed by atoms with van der Waals surface area (Å²) in [5.41, 5.74) is 6.60. The standard InChI is InChI=1S/C10H12F3N5O/c11-10(12,13)2-1-8-17-9(19-18-8)7(14)3-6-4-15-5-16-6/h4-5,7H,1-3,14H2,(H,15,16)/t7-/m0/s1. The Balaban J connectivity index is 1.92. The van der Waals surface area contributed by atoms with Crippen LogP contribution in [0.1, 0.15) is 29.9 Å². The van der Waals surface area contributed by atoms with Crippen LogP contribution in [0.15, 0.2) is 17.0 Å². The highest BCUT2D eigenvalue weighted by Crippen LogP contribution is 2.21. The third-order valence-corrected chi connectivity index (χ3v) is 2.43. The van der Waals surface area contributed by atoms with E-state index in [1.54, 1.807) is 6.20 Å². The summed E-state index contributed by atoms with van der Waals surface area (Å²) >= 11 is 0. The van der Waals surface area contributed by atoms with E-state index in [9.17, 15) is 13.2 Å². The number of rotatable bonds is 5. The Morgan fingerprint density at radius 3 is 2.84 bits per heavy atom. The highest BCUT2D eigenvalue weighted by Gasteiger charge is 2.28. The summed E-state index contributed by atoms with van der Waals surface area (Å²) in [6, 6.07) is -0.576. The quantitative estimate of drug-likeness (QED) is 0.863. The number of halogens is 3. The molecule has 0 aliphatic carbocycles. The summed E-state index contributed by atoms with van der Waals surface area (Å²) in [6.45, 7) is 0. The fraction of sp³-hybridized carbons (Fsp3) is 0.500. The molecular weight excluding hydrogens is 263 g/mol. The van der Waals surface area contributed by atoms with Crippen molar-refractivity contribution < 1.29 is 17.7 Å². The van der Waals surface area contributed by atoms with Gasteiger partial charge in [-0.25, -0.2) is 4.98 Å². The molecule has 3 N–H and O–H groups in total. The first-order valence-corrected chi connectivity index (χ1v) is 5.56. The second-order valence-electron chi connectivity index (χ2n) is 4.05. The molecule has 0 fully saturated rings. The van der Waals surface area contributed by atoms with Crippen molar-refractivity contribution in [2.75, 3.05) is 0 Å². The van der Waals surface area contributed by atoms with E-state index in [-0.39, 0.29) is 18.1 Å². The van der Waals surface area contributed by atoms with Crippen LogP contribution >= 0.6 is 0 Å². The second kappa shape index (κ2) is 5.39. The summed E-state index contributed by atoms with van der Waals surface area (Å²) in [4.78, 5) is 10.5. The zero-order chi connectivity index (χ0) is 13.9. The van der Waals surface area contributed by atoms with Gasteiger partial charge in [0, 0.05) is 24.7 Å². The van der Waals surface area contributed by atoms with Gasteiger partial charge in [-0.3, -0.25) is 0 Å². The van der Waals surface area contributed by atoms with E-state index in [4.69, 9.17) is 10.3 Å². The number of alkyl halides is 3. The molecule has 0 aliphatic rings. The van der Waals surface area contributed by atoms with Crippen molar-refractivity contribution in [1.29, 1.82) is 0 Å². The van der Waals surface area contributed by atoms with Crippen LogP contribution in [0.2, 0.25) is 0 Å². The van der Waals surface area contributed by atoms with Crippen molar-refractivity contribution in [3.8, 4) is 0 Å². The summed E-state index contributed by atoms with van der Waals surface area (Å²) in [5, 5.41) is 3.48. The first kappa shape index (κ1) is 13.5. The van der Waals surface area contributed by atoms with E-state index in [0.717, 1.165) is 5.69 Å². The van der Waals surface area contributed by atoms with Crippen LogP contribution in [0.4, 0.5) is 13.2 Å². The van der Waals surface area contributed by atoms with Gasteiger partial charge < -0.3 is 15.2 Å². The van der Waals surface area contributed by atoms with Crippen molar-refractivity contribution in [2.24, 2.45) is 5.73 Å². The number of hydrogen-bond donors (Lipinski definition) is 2. The Morgan fingerprint density at radius 1 is 1.42 bits per heavy atom. The number of imidazole rings is 1. The number of aryl methyl sites for hydroxylation is 1. The van der Waals surface area contributed by atoms with Gasteiger partial charge in [0.05, 0.1) is 18.8 Å². The molecule has 2 rings (SSSR count). The van der Waals surface area contributed by atoms with E-state index in [0.29, 0.717) is 6.42 Å². The minimum Gasteiger partial charge on any atom is -0.348 e. The minimum absolute atomic E-state index is 0.00684. The number of hydrogen-bond acceptors (Lipinski definition) is 5. The van der Waals surface area contributed by atoms with Crippen LogP contribution in [-0.2, 0) is 12.8 Å². The Morgan fingerprint density at radius 2 is 2.21 bits per heavy atom. The van der Waals surface area contributed by atoms with Gasteiger partial charge in [0.15, 0.2) is 5.82 Å². The summed E-state index contributed by atoms with van der Waals surface area (Å²) < 4.78 is 41.0. The lowest BCUT2D eigenvalue weighted by Gasteiger charge is -2.03. The molecule has 0 saturated heterocycles. The average molecular weight is 275 g/mol. The van der Waals surface area contributed by atoms with Gasteiger partial charge in [0.25, 0.3) is 0 Å². The maximum absolute atomic E-state index is 12.0. The van der Waals surface area contributed by atoms with Crippen LogP contribution in [0, 0.1) is 0 Å². The number of aromatic nitrogens is 4. The lowest BCUT2D eigenvalue weighted by atomic mass is 10.2. The SMILES string of the molecule is N[C@@H](Cc1cnc[nH]1)c1nc(CCC(F)(F)F)no1. The van der Waals surface area contributed by atoms with Gasteiger partial charge in [-0.2, -0.15) is 18.2 Å². The molecule has 6 nitrogen and oxygen atoms in total. The van der Waals surface area contributed by atoms with Gasteiger partial charge in [-0.1, -0.05) is 5.16 Å². The number of nitrogens with one attached hydrogen (secondary N) is 1. The molecule has 0 bridgehead atoms. The number of nitrogens with zero attached hydrogens (tertiary/aromatic N) is 3. The zero-order valence-corrected chi connectivity index (χ0v) is 9.81. The fourth-order valence-electron chi connectivity index (χ4n) is 1.49. The first-order valence-electron chi connectivity index (χ1n) is 5.56. The minimum atomic E-state index is -4.24. The molecule has 0 unspecified atom stereocenters. The van der Waals surface area contributed by atoms with E-state index in [1.807, 2.05) is 0 Å². The van der Waals surface area contributed by atoms with Crippen molar-refractivity contribution in [2.45, 2.75) is 31.5 Å². The molecule has 2 aromatic rings. The van der Waals surface area contributed by atoms with E-state index < -0.39 is 18.6 Å². The Bertz CT molecular complexity index is 507. The third-order valence-electron chi connectivity index (χ3n) is 2.43. The van der Waals surface area contributed by atoms with Crippen LogP contribution in [0.5, 0.6) is 0 Å². The Hall–Kier alpha value is -1.90. The topological polar surface area (TPSA) is 93.6 Å². The Kier molecular flexibility index (Phi) is 3.84. The predicted molar refractivity (Wildman–Crippen MR) is 57.9 cm³/mol. The van der Waals surface area contributed by atoms with Crippen LogP contribution < -0.4 is 5.73 Å². The highest BCUT2D eigenvalue weighted by molar-refractivity contribution is 5.02. The van der Waals surface area contributed by atoms with Gasteiger partial charge in [-0.05, 0) is 0 Å². The molecular formula is C10H12F3N5O. The average Bonchev–Trinajstić information content (AvgIpc) is 2.95. The molecule has 0 radical (unpaired) electrons. The van der Waals surface area contributed by atoms with Crippen LogP contribution in [0.25, 0.3) is 0 Å². The maximum Gasteiger partial charge on any atom is 0.389 e. The van der Waals surface area contributed by atoms with Crippen LogP contribution in [-0.4, -0.2) is 26.3 Å². The molecule has 2 heterocycles. The van der Waals surface area contributed by atoms with Crippen molar-refractivity contribution in [1.82, 2.24) is 20.1 Å². The van der Waals surface area contributed by atoms with Gasteiger partial charge >= 0.3 is 6.18 Å². The molecule has 104 valence electrons. The second-order valence-corrected chi connectivity index (χ2v) is 4.05. The third kappa shape index (κ3) is 4.05. The Labute approximate surface area is 106 Å². The summed E-state index contributed by atoms with van der Waals surface area (Å²) in [6.07, 6.45) is -2.04. The number of aromatic amines is 1. The highest BCUT2D eigenvalue weighted by atomic mass is 19.4. The van der Waals surface area contributed by atoms with Crippen molar-refractivity contribution in [3.05, 3.63) is 29.9 Å². The maximum atomic E-state index is 12.0. The fourth-order valence-corrected chi connectivity index (χ4v) is 1.49. The van der Waals surface area contributed by atoms with E-state index in [1.165, 1.54) is 6.33 Å². The molecule has 0 saturated carbocycles. The predicted octanol–water partition coefficient (Wildman–Crippen LogP) is 1.53. The molecule has 2 aromatic heterocycles. The largest absolute Gasteiger partial charge is 0.389 e. The summed E-state index contributed by atoms with van der Waals surface area (Å²) in [7, 11) is 0. The number of nitrogens with two attached hydrogens (primary N) is 1. The van der Waals surface area contributed by atoms with Crippen molar-refractivity contribution >= 4 is 0 Å². The molecule has 1 atom stereocenters. The lowest BCUT2D eigenvalue weighted by molar-refractivity contribution is -0.134. The molecule has 9 heteroatoms. The van der Waals surface area contributed by atoms with Crippen LogP contribution in [0.3, 0.4) is 0 Å². The smallest absolute Gasteiger partial charge is 0.348 e.